The molecule has 2 rings (SSSR count). The van der Waals surface area contributed by atoms with Gasteiger partial charge in [-0.05, 0) is 18.1 Å². The Bertz CT molecular complexity index is 446. The molecular formula is C15H22N2O2. The first-order chi connectivity index (χ1) is 9.11. The van der Waals surface area contributed by atoms with E-state index in [4.69, 9.17) is 4.74 Å². The molecule has 1 N–H and O–H groups in total. The van der Waals surface area contributed by atoms with Gasteiger partial charge in [0.25, 0.3) is 0 Å². The molecule has 0 aliphatic carbocycles. The van der Waals surface area contributed by atoms with E-state index >= 15 is 0 Å². The number of esters is 1. The third-order valence-electron chi connectivity index (χ3n) is 3.41. The van der Waals surface area contributed by atoms with E-state index in [0.29, 0.717) is 6.54 Å². The first-order valence-electron chi connectivity index (χ1n) is 6.78. The van der Waals surface area contributed by atoms with Gasteiger partial charge in [-0.25, -0.2) is 0 Å². The van der Waals surface area contributed by atoms with Crippen LogP contribution in [0.15, 0.2) is 24.3 Å². The van der Waals surface area contributed by atoms with Crippen molar-refractivity contribution >= 4 is 11.7 Å². The highest BCUT2D eigenvalue weighted by molar-refractivity contribution is 5.77. The summed E-state index contributed by atoms with van der Waals surface area (Å²) in [4.78, 5) is 14.1. The Morgan fingerprint density at radius 3 is 2.84 bits per heavy atom. The molecular weight excluding hydrogens is 240 g/mol. The first-order valence-corrected chi connectivity index (χ1v) is 6.78. The Hall–Kier alpha value is -1.55. The maximum atomic E-state index is 11.8. The summed E-state index contributed by atoms with van der Waals surface area (Å²) in [6.07, 6.45) is 1.05. The molecule has 0 bridgehead atoms. The predicted octanol–water partition coefficient (Wildman–Crippen LogP) is 1.59. The Morgan fingerprint density at radius 2 is 2.16 bits per heavy atom. The van der Waals surface area contributed by atoms with Gasteiger partial charge >= 0.3 is 5.97 Å². The summed E-state index contributed by atoms with van der Waals surface area (Å²) in [6, 6.07) is 8.34. The number of benzene rings is 1. The fourth-order valence-electron chi connectivity index (χ4n) is 2.56. The topological polar surface area (TPSA) is 41.6 Å². The number of nitrogens with zero attached hydrogens (tertiary/aromatic N) is 1. The molecule has 1 aliphatic rings. The molecule has 0 aromatic heterocycles. The molecule has 4 heteroatoms. The van der Waals surface area contributed by atoms with Crippen molar-refractivity contribution < 1.29 is 9.53 Å². The molecule has 4 nitrogen and oxygen atoms in total. The number of hydrogen-bond acceptors (Lipinski definition) is 4. The third-order valence-corrected chi connectivity index (χ3v) is 3.41. The molecule has 1 aliphatic heterocycles. The fourth-order valence-corrected chi connectivity index (χ4v) is 2.56. The molecule has 19 heavy (non-hydrogen) atoms. The fraction of sp³-hybridized carbons (Fsp3) is 0.533. The van der Waals surface area contributed by atoms with Gasteiger partial charge in [-0.3, -0.25) is 4.79 Å². The lowest BCUT2D eigenvalue weighted by Crippen LogP contribution is -2.49. The molecule has 1 atom stereocenters. The van der Waals surface area contributed by atoms with Crippen molar-refractivity contribution in [2.45, 2.75) is 32.4 Å². The standard InChI is InChI=1S/C15H22N2O2/c1-11(2)16-13(15(18)19-3)10-17-9-8-12-6-4-5-7-14(12)17/h4-7,11,13,16H,8-10H2,1-3H3. The highest BCUT2D eigenvalue weighted by atomic mass is 16.5. The van der Waals surface area contributed by atoms with Gasteiger partial charge in [0, 0.05) is 24.8 Å². The van der Waals surface area contributed by atoms with Gasteiger partial charge < -0.3 is 15.0 Å². The van der Waals surface area contributed by atoms with Crippen LogP contribution in [0, 0.1) is 0 Å². The lowest BCUT2D eigenvalue weighted by atomic mass is 10.2. The van der Waals surface area contributed by atoms with Gasteiger partial charge in [0.05, 0.1) is 7.11 Å². The minimum absolute atomic E-state index is 0.196. The molecule has 0 spiro atoms. The van der Waals surface area contributed by atoms with E-state index in [1.807, 2.05) is 19.9 Å². The van der Waals surface area contributed by atoms with Crippen molar-refractivity contribution in [3.63, 3.8) is 0 Å². The maximum Gasteiger partial charge on any atom is 0.324 e. The number of hydrogen-bond donors (Lipinski definition) is 1. The molecule has 1 aromatic carbocycles. The highest BCUT2D eigenvalue weighted by Crippen LogP contribution is 2.27. The molecule has 0 saturated carbocycles. The van der Waals surface area contributed by atoms with E-state index < -0.39 is 0 Å². The molecule has 1 aromatic rings. The zero-order chi connectivity index (χ0) is 13.8. The van der Waals surface area contributed by atoms with Crippen molar-refractivity contribution in [3.05, 3.63) is 29.8 Å². The minimum atomic E-state index is -0.281. The van der Waals surface area contributed by atoms with Crippen LogP contribution in [0.5, 0.6) is 0 Å². The SMILES string of the molecule is COC(=O)C(CN1CCc2ccccc21)NC(C)C. The van der Waals surface area contributed by atoms with Gasteiger partial charge in [-0.2, -0.15) is 0 Å². The molecule has 0 amide bonds. The summed E-state index contributed by atoms with van der Waals surface area (Å²) in [7, 11) is 1.44. The Kier molecular flexibility index (Phi) is 4.43. The van der Waals surface area contributed by atoms with Crippen molar-refractivity contribution in [2.75, 3.05) is 25.1 Å². The normalized spacial score (nSPS) is 15.5. The van der Waals surface area contributed by atoms with Gasteiger partial charge in [0.1, 0.15) is 6.04 Å². The molecule has 104 valence electrons. The van der Waals surface area contributed by atoms with Crippen LogP contribution in [-0.4, -0.2) is 38.3 Å². The smallest absolute Gasteiger partial charge is 0.324 e. The lowest BCUT2D eigenvalue weighted by Gasteiger charge is -2.26. The quantitative estimate of drug-likeness (QED) is 0.818. The van der Waals surface area contributed by atoms with Crippen molar-refractivity contribution in [2.24, 2.45) is 0 Å². The van der Waals surface area contributed by atoms with Gasteiger partial charge in [-0.15, -0.1) is 0 Å². The van der Waals surface area contributed by atoms with Crippen LogP contribution in [0.1, 0.15) is 19.4 Å². The molecule has 0 fully saturated rings. The van der Waals surface area contributed by atoms with E-state index in [1.165, 1.54) is 18.4 Å². The highest BCUT2D eigenvalue weighted by Gasteiger charge is 2.26. The number of para-hydroxylation sites is 1. The lowest BCUT2D eigenvalue weighted by molar-refractivity contribution is -0.143. The second kappa shape index (κ2) is 6.06. The van der Waals surface area contributed by atoms with Crippen LogP contribution < -0.4 is 10.2 Å². The van der Waals surface area contributed by atoms with Gasteiger partial charge in [0.2, 0.25) is 0 Å². The number of nitrogens with one attached hydrogen (secondary N) is 1. The number of rotatable bonds is 5. The number of carbonyl (C=O) groups excluding carboxylic acids is 1. The number of anilines is 1. The van der Waals surface area contributed by atoms with Crippen molar-refractivity contribution in [3.8, 4) is 0 Å². The Balaban J connectivity index is 2.08. The van der Waals surface area contributed by atoms with Crippen LogP contribution in [-0.2, 0) is 16.0 Å². The van der Waals surface area contributed by atoms with E-state index in [0.717, 1.165) is 13.0 Å². The van der Waals surface area contributed by atoms with E-state index in [2.05, 4.69) is 28.4 Å². The van der Waals surface area contributed by atoms with Crippen molar-refractivity contribution in [1.82, 2.24) is 5.32 Å². The van der Waals surface area contributed by atoms with Gasteiger partial charge in [-0.1, -0.05) is 32.0 Å². The van der Waals surface area contributed by atoms with Gasteiger partial charge in [0.15, 0.2) is 0 Å². The number of fused-ring (bicyclic) bond motifs is 1. The zero-order valence-corrected chi connectivity index (χ0v) is 11.8. The minimum Gasteiger partial charge on any atom is -0.468 e. The Morgan fingerprint density at radius 1 is 1.42 bits per heavy atom. The summed E-state index contributed by atoms with van der Waals surface area (Å²) >= 11 is 0. The summed E-state index contributed by atoms with van der Waals surface area (Å²) in [6.45, 7) is 5.69. The molecule has 0 radical (unpaired) electrons. The first kappa shape index (κ1) is 13.9. The van der Waals surface area contributed by atoms with Crippen LogP contribution >= 0.6 is 0 Å². The second-order valence-electron chi connectivity index (χ2n) is 5.22. The second-order valence-corrected chi connectivity index (χ2v) is 5.22. The Labute approximate surface area is 114 Å². The predicted molar refractivity (Wildman–Crippen MR) is 76.4 cm³/mol. The maximum absolute atomic E-state index is 11.8. The number of carbonyl (C=O) groups is 1. The summed E-state index contributed by atoms with van der Waals surface area (Å²) in [5.41, 5.74) is 2.60. The van der Waals surface area contributed by atoms with E-state index in [9.17, 15) is 4.79 Å². The number of methoxy groups -OCH3 is 1. The third kappa shape index (κ3) is 3.26. The van der Waals surface area contributed by atoms with Crippen molar-refractivity contribution in [1.29, 1.82) is 0 Å². The van der Waals surface area contributed by atoms with Crippen LogP contribution in [0.3, 0.4) is 0 Å². The average molecular weight is 262 g/mol. The van der Waals surface area contributed by atoms with Crippen LogP contribution in [0.4, 0.5) is 5.69 Å². The van der Waals surface area contributed by atoms with Crippen LogP contribution in [0.25, 0.3) is 0 Å². The summed E-state index contributed by atoms with van der Waals surface area (Å²) in [5.74, 6) is -0.196. The molecule has 1 unspecified atom stereocenters. The molecule has 0 saturated heterocycles. The largest absolute Gasteiger partial charge is 0.468 e. The molecule has 1 heterocycles. The summed E-state index contributed by atoms with van der Waals surface area (Å²) in [5, 5.41) is 3.27. The summed E-state index contributed by atoms with van der Waals surface area (Å²) < 4.78 is 4.88. The van der Waals surface area contributed by atoms with Crippen LogP contribution in [0.2, 0.25) is 0 Å². The van der Waals surface area contributed by atoms with E-state index in [1.54, 1.807) is 0 Å². The van der Waals surface area contributed by atoms with E-state index in [-0.39, 0.29) is 18.1 Å². The zero-order valence-electron chi connectivity index (χ0n) is 11.8. The monoisotopic (exact) mass is 262 g/mol. The average Bonchev–Trinajstić information content (AvgIpc) is 2.80. The number of ether oxygens (including phenoxy) is 1.